The largest absolute Gasteiger partial charge is 0.461 e. The van der Waals surface area contributed by atoms with E-state index in [-0.39, 0.29) is 13.2 Å². The fourth-order valence-corrected chi connectivity index (χ4v) is 2.36. The molecule has 158 valence electrons. The summed E-state index contributed by atoms with van der Waals surface area (Å²) < 4.78 is 10.0. The number of ether oxygens (including phenoxy) is 2. The van der Waals surface area contributed by atoms with Crippen molar-refractivity contribution in [3.05, 3.63) is 71.8 Å². The minimum absolute atomic E-state index is 0.0356. The van der Waals surface area contributed by atoms with Gasteiger partial charge in [-0.15, -0.1) is 0 Å². The van der Waals surface area contributed by atoms with Gasteiger partial charge < -0.3 is 25.8 Å². The number of rotatable bonds is 10. The van der Waals surface area contributed by atoms with Crippen molar-refractivity contribution in [3.63, 3.8) is 0 Å². The van der Waals surface area contributed by atoms with Gasteiger partial charge in [-0.2, -0.15) is 0 Å². The minimum atomic E-state index is -1.26. The maximum Gasteiger partial charge on any atom is 0.407 e. The van der Waals surface area contributed by atoms with Gasteiger partial charge in [0.15, 0.2) is 0 Å². The number of carbonyl (C=O) groups excluding carboxylic acids is 4. The highest BCUT2D eigenvalue weighted by molar-refractivity contribution is 5.91. The van der Waals surface area contributed by atoms with Crippen LogP contribution in [0.25, 0.3) is 0 Å². The van der Waals surface area contributed by atoms with E-state index in [9.17, 15) is 19.2 Å². The highest BCUT2D eigenvalue weighted by Crippen LogP contribution is 2.03. The summed E-state index contributed by atoms with van der Waals surface area (Å²) in [6.45, 7) is -0.365. The van der Waals surface area contributed by atoms with Crippen molar-refractivity contribution >= 4 is 23.9 Å². The molecule has 0 aliphatic heterocycles. The zero-order valence-corrected chi connectivity index (χ0v) is 16.2. The first-order valence-corrected chi connectivity index (χ1v) is 9.17. The average molecular weight is 413 g/mol. The minimum Gasteiger partial charge on any atom is -0.461 e. The second-order valence-electron chi connectivity index (χ2n) is 6.29. The Morgan fingerprint density at radius 2 is 1.37 bits per heavy atom. The Labute approximate surface area is 173 Å². The summed E-state index contributed by atoms with van der Waals surface area (Å²) in [7, 11) is 0. The molecule has 0 aromatic heterocycles. The van der Waals surface area contributed by atoms with Crippen LogP contribution >= 0.6 is 0 Å². The Morgan fingerprint density at radius 3 is 1.90 bits per heavy atom. The van der Waals surface area contributed by atoms with Gasteiger partial charge in [0.25, 0.3) is 0 Å². The summed E-state index contributed by atoms with van der Waals surface area (Å²) in [4.78, 5) is 47.1. The Balaban J connectivity index is 1.71. The topological polar surface area (TPSA) is 137 Å². The van der Waals surface area contributed by atoms with Gasteiger partial charge >= 0.3 is 12.1 Å². The zero-order chi connectivity index (χ0) is 21.8. The first kappa shape index (κ1) is 22.4. The first-order chi connectivity index (χ1) is 14.4. The van der Waals surface area contributed by atoms with Crippen LogP contribution in [0.4, 0.5) is 4.79 Å². The van der Waals surface area contributed by atoms with Crippen LogP contribution in [0, 0.1) is 0 Å². The monoisotopic (exact) mass is 413 g/mol. The number of nitrogens with one attached hydrogen (secondary N) is 2. The van der Waals surface area contributed by atoms with Crippen molar-refractivity contribution in [3.8, 4) is 0 Å². The van der Waals surface area contributed by atoms with Crippen molar-refractivity contribution in [1.29, 1.82) is 0 Å². The van der Waals surface area contributed by atoms with Crippen molar-refractivity contribution in [2.75, 3.05) is 6.54 Å². The van der Waals surface area contributed by atoms with Crippen molar-refractivity contribution < 1.29 is 28.7 Å². The van der Waals surface area contributed by atoms with Gasteiger partial charge in [0.1, 0.15) is 25.8 Å². The third-order valence-electron chi connectivity index (χ3n) is 3.90. The summed E-state index contributed by atoms with van der Waals surface area (Å²) in [6, 6.07) is 16.7. The number of esters is 1. The van der Waals surface area contributed by atoms with Crippen LogP contribution in [0.5, 0.6) is 0 Å². The number of benzene rings is 2. The fraction of sp³-hybridized carbons (Fsp3) is 0.238. The van der Waals surface area contributed by atoms with Gasteiger partial charge in [-0.25, -0.2) is 4.79 Å². The summed E-state index contributed by atoms with van der Waals surface area (Å²) in [5, 5.41) is 4.55. The summed E-state index contributed by atoms with van der Waals surface area (Å²) in [6.07, 6.45) is -1.22. The van der Waals surface area contributed by atoms with E-state index in [2.05, 4.69) is 10.6 Å². The van der Waals surface area contributed by atoms with Crippen LogP contribution in [0.15, 0.2) is 60.7 Å². The molecule has 0 unspecified atom stereocenters. The van der Waals surface area contributed by atoms with Crippen LogP contribution < -0.4 is 16.4 Å². The zero-order valence-electron chi connectivity index (χ0n) is 16.2. The van der Waals surface area contributed by atoms with Crippen LogP contribution in [0.1, 0.15) is 17.5 Å². The van der Waals surface area contributed by atoms with E-state index >= 15 is 0 Å². The van der Waals surface area contributed by atoms with Gasteiger partial charge in [-0.1, -0.05) is 60.7 Å². The Bertz CT molecular complexity index is 858. The third kappa shape index (κ3) is 8.42. The number of alkyl carbamates (subject to hydrolysis) is 1. The normalized spacial score (nSPS) is 11.1. The fourth-order valence-electron chi connectivity index (χ4n) is 2.36. The standard InChI is InChI=1S/C21H23N3O6/c22-20(27)17(11-19(26)29-13-15-7-3-1-4-8-15)24-18(25)12-23-21(28)30-14-16-9-5-2-6-10-16/h1-10,17H,11-14H2,(H2,22,27)(H,23,28)(H,24,25)/t17-/m1/s1. The molecular weight excluding hydrogens is 390 g/mol. The molecule has 0 fully saturated rings. The molecule has 0 aliphatic rings. The lowest BCUT2D eigenvalue weighted by Gasteiger charge is -2.15. The molecule has 0 spiro atoms. The van der Waals surface area contributed by atoms with E-state index in [0.717, 1.165) is 11.1 Å². The summed E-state index contributed by atoms with van der Waals surface area (Å²) in [5.41, 5.74) is 6.81. The number of hydrogen-bond donors (Lipinski definition) is 3. The van der Waals surface area contributed by atoms with E-state index in [1.165, 1.54) is 0 Å². The van der Waals surface area contributed by atoms with E-state index in [1.807, 2.05) is 12.1 Å². The molecule has 0 aliphatic carbocycles. The number of hydrogen-bond acceptors (Lipinski definition) is 6. The van der Waals surface area contributed by atoms with E-state index in [1.54, 1.807) is 48.5 Å². The second-order valence-corrected chi connectivity index (χ2v) is 6.29. The molecule has 30 heavy (non-hydrogen) atoms. The number of nitrogens with two attached hydrogens (primary N) is 1. The molecule has 0 saturated heterocycles. The van der Waals surface area contributed by atoms with E-state index in [0.29, 0.717) is 0 Å². The maximum atomic E-state index is 12.0. The lowest BCUT2D eigenvalue weighted by Crippen LogP contribution is -2.49. The van der Waals surface area contributed by atoms with Crippen LogP contribution in [-0.2, 0) is 37.1 Å². The molecule has 0 radical (unpaired) electrons. The molecule has 9 nitrogen and oxygen atoms in total. The molecule has 2 aromatic rings. The lowest BCUT2D eigenvalue weighted by molar-refractivity contribution is -0.147. The molecule has 2 rings (SSSR count). The molecular formula is C21H23N3O6. The molecule has 0 bridgehead atoms. The Kier molecular flexibility index (Phi) is 8.85. The maximum absolute atomic E-state index is 12.0. The van der Waals surface area contributed by atoms with Crippen molar-refractivity contribution in [2.45, 2.75) is 25.7 Å². The third-order valence-corrected chi connectivity index (χ3v) is 3.90. The van der Waals surface area contributed by atoms with Gasteiger partial charge in [0.05, 0.1) is 6.42 Å². The molecule has 4 N–H and O–H groups in total. The summed E-state index contributed by atoms with van der Waals surface area (Å²) in [5.74, 6) is -2.30. The summed E-state index contributed by atoms with van der Waals surface area (Å²) >= 11 is 0. The first-order valence-electron chi connectivity index (χ1n) is 9.17. The van der Waals surface area contributed by atoms with Crippen LogP contribution in [0.2, 0.25) is 0 Å². The van der Waals surface area contributed by atoms with Crippen LogP contribution in [0.3, 0.4) is 0 Å². The number of primary amides is 1. The lowest BCUT2D eigenvalue weighted by atomic mass is 10.2. The van der Waals surface area contributed by atoms with Gasteiger partial charge in [-0.05, 0) is 11.1 Å². The SMILES string of the molecule is NC(=O)[C@@H](CC(=O)OCc1ccccc1)NC(=O)CNC(=O)OCc1ccccc1. The van der Waals surface area contributed by atoms with Gasteiger partial charge in [0, 0.05) is 0 Å². The van der Waals surface area contributed by atoms with Gasteiger partial charge in [0.2, 0.25) is 11.8 Å². The molecule has 1 atom stereocenters. The Morgan fingerprint density at radius 1 is 0.833 bits per heavy atom. The van der Waals surface area contributed by atoms with E-state index in [4.69, 9.17) is 15.2 Å². The van der Waals surface area contributed by atoms with Crippen molar-refractivity contribution in [2.24, 2.45) is 5.73 Å². The molecule has 9 heteroatoms. The second kappa shape index (κ2) is 11.8. The van der Waals surface area contributed by atoms with E-state index < -0.39 is 42.9 Å². The highest BCUT2D eigenvalue weighted by atomic mass is 16.5. The Hall–Kier alpha value is -3.88. The van der Waals surface area contributed by atoms with Gasteiger partial charge in [-0.3, -0.25) is 14.4 Å². The predicted octanol–water partition coefficient (Wildman–Crippen LogP) is 1.02. The smallest absolute Gasteiger partial charge is 0.407 e. The number of carbonyl (C=O) groups is 4. The van der Waals surface area contributed by atoms with Crippen LogP contribution in [-0.4, -0.2) is 36.5 Å². The molecule has 3 amide bonds. The predicted molar refractivity (Wildman–Crippen MR) is 107 cm³/mol. The molecule has 2 aromatic carbocycles. The van der Waals surface area contributed by atoms with Crippen molar-refractivity contribution in [1.82, 2.24) is 10.6 Å². The molecule has 0 heterocycles. The average Bonchev–Trinajstić information content (AvgIpc) is 2.75. The quantitative estimate of drug-likeness (QED) is 0.497. The highest BCUT2D eigenvalue weighted by Gasteiger charge is 2.22. The molecule has 0 saturated carbocycles. The number of amides is 3.